The third-order valence-corrected chi connectivity index (χ3v) is 4.81. The van der Waals surface area contributed by atoms with Gasteiger partial charge in [0.15, 0.2) is 6.61 Å². The maximum absolute atomic E-state index is 12.0. The van der Waals surface area contributed by atoms with E-state index in [4.69, 9.17) is 32.7 Å². The summed E-state index contributed by atoms with van der Waals surface area (Å²) in [5.74, 6) is -2.12. The van der Waals surface area contributed by atoms with Crippen LogP contribution in [0.4, 0.5) is 11.4 Å². The average Bonchev–Trinajstić information content (AvgIpc) is 2.79. The van der Waals surface area contributed by atoms with Crippen molar-refractivity contribution in [3.8, 4) is 0 Å². The highest BCUT2D eigenvalue weighted by Crippen LogP contribution is 2.25. The molecule has 176 valence electrons. The van der Waals surface area contributed by atoms with E-state index in [-0.39, 0.29) is 17.9 Å². The summed E-state index contributed by atoms with van der Waals surface area (Å²) in [5, 5.41) is 5.79. The number of ether oxygens (including phenoxy) is 2. The van der Waals surface area contributed by atoms with E-state index in [1.54, 1.807) is 30.3 Å². The molecule has 2 aromatic carbocycles. The van der Waals surface area contributed by atoms with Gasteiger partial charge in [-0.15, -0.1) is 0 Å². The molecule has 2 N–H and O–H groups in total. The monoisotopic (exact) mass is 494 g/mol. The lowest BCUT2D eigenvalue weighted by Gasteiger charge is -2.09. The average molecular weight is 495 g/mol. The second kappa shape index (κ2) is 13.4. The highest BCUT2D eigenvalue weighted by Gasteiger charge is 2.13. The van der Waals surface area contributed by atoms with Crippen molar-refractivity contribution in [2.75, 3.05) is 23.8 Å². The summed E-state index contributed by atoms with van der Waals surface area (Å²) in [6.07, 6.45) is 1.38. The maximum Gasteiger partial charge on any atom is 0.338 e. The number of nitrogens with one attached hydrogen (secondary N) is 2. The number of anilines is 2. The zero-order chi connectivity index (χ0) is 24.2. The molecule has 0 heterocycles. The standard InChI is InChI=1S/C23H24Cl2N2O6/c1-2-3-12-32-23(31)15-4-7-17(8-5-15)26-20(28)10-11-22(30)33-14-21(29)27-19-9-6-16(24)13-18(19)25/h4-9,13H,2-3,10-12,14H2,1H3,(H,26,28)(H,27,29). The Bertz CT molecular complexity index is 995. The summed E-state index contributed by atoms with van der Waals surface area (Å²) in [4.78, 5) is 47.6. The van der Waals surface area contributed by atoms with E-state index in [0.29, 0.717) is 28.6 Å². The second-order valence-electron chi connectivity index (χ2n) is 6.95. The number of esters is 2. The largest absolute Gasteiger partial charge is 0.462 e. The first kappa shape index (κ1) is 26.2. The van der Waals surface area contributed by atoms with Crippen molar-refractivity contribution in [3.05, 3.63) is 58.1 Å². The fourth-order valence-corrected chi connectivity index (χ4v) is 2.97. The number of carbonyl (C=O) groups excluding carboxylic acids is 4. The normalized spacial score (nSPS) is 10.3. The van der Waals surface area contributed by atoms with Gasteiger partial charge in [-0.2, -0.15) is 0 Å². The van der Waals surface area contributed by atoms with Gasteiger partial charge in [-0.05, 0) is 48.9 Å². The predicted octanol–water partition coefficient (Wildman–Crippen LogP) is 4.85. The van der Waals surface area contributed by atoms with Crippen LogP contribution in [0, 0.1) is 0 Å². The second-order valence-corrected chi connectivity index (χ2v) is 7.79. The molecule has 0 fully saturated rings. The van der Waals surface area contributed by atoms with Crippen LogP contribution >= 0.6 is 23.2 Å². The van der Waals surface area contributed by atoms with Crippen LogP contribution < -0.4 is 10.6 Å². The summed E-state index contributed by atoms with van der Waals surface area (Å²) in [5.41, 5.74) is 1.19. The molecule has 0 radical (unpaired) electrons. The molecular formula is C23H24Cl2N2O6. The molecular weight excluding hydrogens is 471 g/mol. The third-order valence-electron chi connectivity index (χ3n) is 4.26. The molecule has 0 bridgehead atoms. The lowest BCUT2D eigenvalue weighted by molar-refractivity contribution is -0.147. The Morgan fingerprint density at radius 3 is 2.27 bits per heavy atom. The number of halogens is 2. The van der Waals surface area contributed by atoms with Gasteiger partial charge >= 0.3 is 11.9 Å². The fourth-order valence-electron chi connectivity index (χ4n) is 2.52. The van der Waals surface area contributed by atoms with Crippen molar-refractivity contribution in [3.63, 3.8) is 0 Å². The first-order valence-electron chi connectivity index (χ1n) is 10.3. The number of hydrogen-bond acceptors (Lipinski definition) is 6. The molecule has 33 heavy (non-hydrogen) atoms. The molecule has 0 aliphatic carbocycles. The Hall–Kier alpha value is -3.10. The molecule has 2 aromatic rings. The number of carbonyl (C=O) groups is 4. The quantitative estimate of drug-likeness (QED) is 0.341. The molecule has 2 rings (SSSR count). The molecule has 0 aliphatic rings. The zero-order valence-corrected chi connectivity index (χ0v) is 19.5. The Balaban J connectivity index is 1.69. The van der Waals surface area contributed by atoms with Gasteiger partial charge in [0.25, 0.3) is 5.91 Å². The Labute approximate surface area is 201 Å². The van der Waals surface area contributed by atoms with Gasteiger partial charge in [0.1, 0.15) is 0 Å². The molecule has 10 heteroatoms. The van der Waals surface area contributed by atoms with Crippen LogP contribution in [-0.2, 0) is 23.9 Å². The highest BCUT2D eigenvalue weighted by atomic mass is 35.5. The minimum Gasteiger partial charge on any atom is -0.462 e. The molecule has 0 saturated heterocycles. The zero-order valence-electron chi connectivity index (χ0n) is 18.0. The molecule has 0 unspecified atom stereocenters. The van der Waals surface area contributed by atoms with Crippen molar-refractivity contribution < 1.29 is 28.7 Å². The van der Waals surface area contributed by atoms with Crippen LogP contribution in [0.2, 0.25) is 10.0 Å². The van der Waals surface area contributed by atoms with Crippen LogP contribution in [0.15, 0.2) is 42.5 Å². The number of unbranched alkanes of at least 4 members (excludes halogenated alkanes) is 1. The van der Waals surface area contributed by atoms with E-state index in [1.807, 2.05) is 6.92 Å². The van der Waals surface area contributed by atoms with E-state index in [2.05, 4.69) is 10.6 Å². The summed E-state index contributed by atoms with van der Waals surface area (Å²) in [6, 6.07) is 10.8. The van der Waals surface area contributed by atoms with Gasteiger partial charge in [-0.25, -0.2) is 4.79 Å². The number of hydrogen-bond donors (Lipinski definition) is 2. The Morgan fingerprint density at radius 2 is 1.61 bits per heavy atom. The van der Waals surface area contributed by atoms with E-state index in [0.717, 1.165) is 12.8 Å². The van der Waals surface area contributed by atoms with Crippen LogP contribution in [0.1, 0.15) is 43.0 Å². The van der Waals surface area contributed by atoms with Crippen molar-refractivity contribution in [2.45, 2.75) is 32.6 Å². The number of amides is 2. The fraction of sp³-hybridized carbons (Fsp3) is 0.304. The van der Waals surface area contributed by atoms with Crippen molar-refractivity contribution in [1.82, 2.24) is 0 Å². The van der Waals surface area contributed by atoms with E-state index < -0.39 is 30.4 Å². The maximum atomic E-state index is 12.0. The lowest BCUT2D eigenvalue weighted by Crippen LogP contribution is -2.22. The van der Waals surface area contributed by atoms with Crippen LogP contribution in [0.25, 0.3) is 0 Å². The smallest absolute Gasteiger partial charge is 0.338 e. The number of rotatable bonds is 11. The van der Waals surface area contributed by atoms with E-state index in [1.165, 1.54) is 12.1 Å². The van der Waals surface area contributed by atoms with Crippen molar-refractivity contribution in [1.29, 1.82) is 0 Å². The van der Waals surface area contributed by atoms with Gasteiger partial charge in [0.05, 0.1) is 29.3 Å². The lowest BCUT2D eigenvalue weighted by atomic mass is 10.2. The van der Waals surface area contributed by atoms with Crippen molar-refractivity contribution in [2.24, 2.45) is 0 Å². The minimum atomic E-state index is -0.701. The van der Waals surface area contributed by atoms with Crippen LogP contribution in [-0.4, -0.2) is 37.0 Å². The van der Waals surface area contributed by atoms with Gasteiger partial charge in [-0.1, -0.05) is 36.5 Å². The van der Waals surface area contributed by atoms with Crippen LogP contribution in [0.5, 0.6) is 0 Å². The van der Waals surface area contributed by atoms with Gasteiger partial charge in [0.2, 0.25) is 5.91 Å². The summed E-state index contributed by atoms with van der Waals surface area (Å²) >= 11 is 11.8. The molecule has 8 nitrogen and oxygen atoms in total. The van der Waals surface area contributed by atoms with Gasteiger partial charge < -0.3 is 20.1 Å². The summed E-state index contributed by atoms with van der Waals surface area (Å²) in [7, 11) is 0. The molecule has 2 amide bonds. The predicted molar refractivity (Wildman–Crippen MR) is 126 cm³/mol. The number of benzene rings is 2. The SMILES string of the molecule is CCCCOC(=O)c1ccc(NC(=O)CCC(=O)OCC(=O)Nc2ccc(Cl)cc2Cl)cc1. The summed E-state index contributed by atoms with van der Waals surface area (Å²) < 4.78 is 9.99. The molecule has 0 saturated carbocycles. The van der Waals surface area contributed by atoms with Crippen molar-refractivity contribution >= 4 is 58.3 Å². The summed E-state index contributed by atoms with van der Waals surface area (Å²) in [6.45, 7) is 1.84. The Morgan fingerprint density at radius 1 is 0.879 bits per heavy atom. The topological polar surface area (TPSA) is 111 Å². The first-order chi connectivity index (χ1) is 15.8. The Kier molecular flexibility index (Phi) is 10.7. The molecule has 0 aliphatic heterocycles. The van der Waals surface area contributed by atoms with E-state index >= 15 is 0 Å². The van der Waals surface area contributed by atoms with Gasteiger partial charge in [-0.3, -0.25) is 14.4 Å². The molecule has 0 spiro atoms. The minimum absolute atomic E-state index is 0.135. The molecule has 0 atom stereocenters. The van der Waals surface area contributed by atoms with E-state index in [9.17, 15) is 19.2 Å². The first-order valence-corrected chi connectivity index (χ1v) is 11.0. The van der Waals surface area contributed by atoms with Gasteiger partial charge in [0, 0.05) is 17.1 Å². The highest BCUT2D eigenvalue weighted by molar-refractivity contribution is 6.36. The third kappa shape index (κ3) is 9.51. The van der Waals surface area contributed by atoms with Crippen LogP contribution in [0.3, 0.4) is 0 Å². The molecule has 0 aromatic heterocycles.